The number of hydrogen-bond donors (Lipinski definition) is 1. The summed E-state index contributed by atoms with van der Waals surface area (Å²) in [6.45, 7) is 1.67. The quantitative estimate of drug-likeness (QED) is 0.377. The van der Waals surface area contributed by atoms with Gasteiger partial charge in [-0.05, 0) is 37.1 Å². The van der Waals surface area contributed by atoms with Crippen LogP contribution in [0.15, 0.2) is 47.8 Å². The molecule has 0 amide bonds. The molecule has 0 unspecified atom stereocenters. The van der Waals surface area contributed by atoms with E-state index < -0.39 is 0 Å². The van der Waals surface area contributed by atoms with Crippen LogP contribution in [0.25, 0.3) is 11.4 Å². The monoisotopic (exact) mass is 237 g/mol. The Balaban J connectivity index is 2.45. The summed E-state index contributed by atoms with van der Waals surface area (Å²) in [6.07, 6.45) is 1.70. The number of hydrogen-bond acceptors (Lipinski definition) is 4. The third-order valence-electron chi connectivity index (χ3n) is 2.26. The van der Waals surface area contributed by atoms with E-state index in [-0.39, 0.29) is 5.71 Å². The molecule has 2 aromatic rings. The van der Waals surface area contributed by atoms with Crippen molar-refractivity contribution in [3.63, 3.8) is 0 Å². The summed E-state index contributed by atoms with van der Waals surface area (Å²) in [5.74, 6) is 5.37. The minimum absolute atomic E-state index is 0.246. The first-order valence-corrected chi connectivity index (χ1v) is 5.39. The number of aromatic nitrogens is 2. The number of pyridine rings is 2. The SMILES string of the molecule is CC#C/C(=N/O)c1cccc(-c2ccccn2)n1. The second-order valence-corrected chi connectivity index (χ2v) is 3.45. The molecule has 4 heteroatoms. The van der Waals surface area contributed by atoms with Crippen molar-refractivity contribution in [3.8, 4) is 23.2 Å². The molecule has 88 valence electrons. The molecule has 0 bridgehead atoms. The molecular formula is C14H11N3O. The third-order valence-corrected chi connectivity index (χ3v) is 2.26. The standard InChI is InChI=1S/C14H11N3O/c1-2-6-14(17-18)13-9-5-8-12(16-13)11-7-3-4-10-15-11/h3-5,7-10,18H,1H3/b17-14-. The first-order valence-electron chi connectivity index (χ1n) is 5.39. The highest BCUT2D eigenvalue weighted by Gasteiger charge is 2.06. The van der Waals surface area contributed by atoms with E-state index in [2.05, 4.69) is 27.0 Å². The van der Waals surface area contributed by atoms with Crippen LogP contribution < -0.4 is 0 Å². The summed E-state index contributed by atoms with van der Waals surface area (Å²) in [5.41, 5.74) is 2.25. The van der Waals surface area contributed by atoms with Crippen LogP contribution in [0.3, 0.4) is 0 Å². The van der Waals surface area contributed by atoms with Crippen LogP contribution in [0, 0.1) is 11.8 Å². The fraction of sp³-hybridized carbons (Fsp3) is 0.0714. The second-order valence-electron chi connectivity index (χ2n) is 3.45. The van der Waals surface area contributed by atoms with E-state index >= 15 is 0 Å². The lowest BCUT2D eigenvalue weighted by Crippen LogP contribution is -2.02. The van der Waals surface area contributed by atoms with Crippen LogP contribution in [-0.2, 0) is 0 Å². The second kappa shape index (κ2) is 5.60. The maximum Gasteiger partial charge on any atom is 0.178 e. The van der Waals surface area contributed by atoms with E-state index in [0.717, 1.165) is 5.69 Å². The zero-order valence-corrected chi connectivity index (χ0v) is 9.83. The molecule has 0 aromatic carbocycles. The van der Waals surface area contributed by atoms with Gasteiger partial charge in [0.25, 0.3) is 0 Å². The molecule has 0 saturated carbocycles. The Bertz CT molecular complexity index is 624. The van der Waals surface area contributed by atoms with Crippen molar-refractivity contribution in [1.29, 1.82) is 0 Å². The van der Waals surface area contributed by atoms with Gasteiger partial charge in [0, 0.05) is 6.20 Å². The zero-order chi connectivity index (χ0) is 12.8. The molecule has 2 rings (SSSR count). The largest absolute Gasteiger partial charge is 0.410 e. The Kier molecular flexibility index (Phi) is 3.67. The molecule has 0 atom stereocenters. The molecule has 0 aliphatic rings. The molecule has 0 radical (unpaired) electrons. The van der Waals surface area contributed by atoms with Gasteiger partial charge in [0.05, 0.1) is 11.4 Å². The van der Waals surface area contributed by atoms with Gasteiger partial charge in [-0.15, -0.1) is 0 Å². The molecule has 0 fully saturated rings. The summed E-state index contributed by atoms with van der Waals surface area (Å²) in [5, 5.41) is 12.0. The minimum atomic E-state index is 0.246. The highest BCUT2D eigenvalue weighted by atomic mass is 16.4. The van der Waals surface area contributed by atoms with E-state index in [9.17, 15) is 0 Å². The molecule has 0 aliphatic carbocycles. The first-order chi connectivity index (χ1) is 8.85. The molecular weight excluding hydrogens is 226 g/mol. The molecule has 18 heavy (non-hydrogen) atoms. The third kappa shape index (κ3) is 2.53. The van der Waals surface area contributed by atoms with E-state index in [1.165, 1.54) is 0 Å². The lowest BCUT2D eigenvalue weighted by Gasteiger charge is -2.02. The van der Waals surface area contributed by atoms with E-state index in [1.807, 2.05) is 30.3 Å². The van der Waals surface area contributed by atoms with Crippen LogP contribution in [-0.4, -0.2) is 20.9 Å². The van der Waals surface area contributed by atoms with Gasteiger partial charge in [0.1, 0.15) is 5.69 Å². The maximum absolute atomic E-state index is 8.90. The van der Waals surface area contributed by atoms with Crippen molar-refractivity contribution >= 4 is 5.71 Å². The Hall–Kier alpha value is -2.67. The van der Waals surface area contributed by atoms with Crippen molar-refractivity contribution in [2.75, 3.05) is 0 Å². The van der Waals surface area contributed by atoms with Gasteiger partial charge in [0.15, 0.2) is 5.71 Å². The van der Waals surface area contributed by atoms with Crippen LogP contribution in [0.5, 0.6) is 0 Å². The summed E-state index contributed by atoms with van der Waals surface area (Å²) < 4.78 is 0. The van der Waals surface area contributed by atoms with Gasteiger partial charge in [-0.1, -0.05) is 23.2 Å². The Morgan fingerprint density at radius 2 is 2.00 bits per heavy atom. The van der Waals surface area contributed by atoms with Crippen LogP contribution in [0.2, 0.25) is 0 Å². The predicted molar refractivity (Wildman–Crippen MR) is 69.2 cm³/mol. The fourth-order valence-electron chi connectivity index (χ4n) is 1.48. The van der Waals surface area contributed by atoms with Crippen molar-refractivity contribution in [1.82, 2.24) is 9.97 Å². The van der Waals surface area contributed by atoms with Crippen molar-refractivity contribution < 1.29 is 5.21 Å². The summed E-state index contributed by atoms with van der Waals surface area (Å²) in [7, 11) is 0. The number of rotatable bonds is 2. The van der Waals surface area contributed by atoms with E-state index in [4.69, 9.17) is 5.21 Å². The van der Waals surface area contributed by atoms with Crippen LogP contribution in [0.1, 0.15) is 12.6 Å². The van der Waals surface area contributed by atoms with Crippen molar-refractivity contribution in [2.24, 2.45) is 5.16 Å². The molecule has 1 N–H and O–H groups in total. The highest BCUT2D eigenvalue weighted by Crippen LogP contribution is 2.13. The van der Waals surface area contributed by atoms with Gasteiger partial charge in [-0.3, -0.25) is 4.98 Å². The first kappa shape index (κ1) is 11.8. The van der Waals surface area contributed by atoms with Crippen molar-refractivity contribution in [2.45, 2.75) is 6.92 Å². The lowest BCUT2D eigenvalue weighted by atomic mass is 10.2. The number of nitrogens with zero attached hydrogens (tertiary/aromatic N) is 3. The lowest BCUT2D eigenvalue weighted by molar-refractivity contribution is 0.320. The van der Waals surface area contributed by atoms with Gasteiger partial charge < -0.3 is 5.21 Å². The highest BCUT2D eigenvalue weighted by molar-refractivity contribution is 6.11. The maximum atomic E-state index is 8.90. The molecule has 4 nitrogen and oxygen atoms in total. The van der Waals surface area contributed by atoms with Gasteiger partial charge in [-0.2, -0.15) is 0 Å². The topological polar surface area (TPSA) is 58.4 Å². The molecule has 2 heterocycles. The normalized spacial score (nSPS) is 10.6. The predicted octanol–water partition coefficient (Wildman–Crippen LogP) is 2.35. The average Bonchev–Trinajstić information content (AvgIpc) is 2.46. The van der Waals surface area contributed by atoms with E-state index in [1.54, 1.807) is 19.2 Å². The van der Waals surface area contributed by atoms with Gasteiger partial charge >= 0.3 is 0 Å². The summed E-state index contributed by atoms with van der Waals surface area (Å²) in [4.78, 5) is 8.60. The Morgan fingerprint density at radius 3 is 2.67 bits per heavy atom. The van der Waals surface area contributed by atoms with Crippen molar-refractivity contribution in [3.05, 3.63) is 48.3 Å². The van der Waals surface area contributed by atoms with E-state index in [0.29, 0.717) is 11.4 Å². The fourth-order valence-corrected chi connectivity index (χ4v) is 1.48. The Morgan fingerprint density at radius 1 is 1.17 bits per heavy atom. The average molecular weight is 237 g/mol. The molecule has 0 aliphatic heterocycles. The van der Waals surface area contributed by atoms with Gasteiger partial charge in [0.2, 0.25) is 0 Å². The van der Waals surface area contributed by atoms with Gasteiger partial charge in [-0.25, -0.2) is 4.98 Å². The zero-order valence-electron chi connectivity index (χ0n) is 9.83. The molecule has 0 spiro atoms. The molecule has 2 aromatic heterocycles. The van der Waals surface area contributed by atoms with Crippen LogP contribution in [0.4, 0.5) is 0 Å². The molecule has 0 saturated heterocycles. The smallest absolute Gasteiger partial charge is 0.178 e. The van der Waals surface area contributed by atoms with Crippen LogP contribution >= 0.6 is 0 Å². The minimum Gasteiger partial charge on any atom is -0.410 e. The Labute approximate surface area is 105 Å². The summed E-state index contributed by atoms with van der Waals surface area (Å²) >= 11 is 0. The number of oxime groups is 1. The summed E-state index contributed by atoms with van der Waals surface area (Å²) in [6, 6.07) is 11.0.